The van der Waals surface area contributed by atoms with E-state index >= 15 is 0 Å². The maximum absolute atomic E-state index is 11.9. The molecule has 2 aromatic rings. The van der Waals surface area contributed by atoms with Crippen molar-refractivity contribution in [3.05, 3.63) is 35.6 Å². The number of rotatable bonds is 4. The van der Waals surface area contributed by atoms with Crippen LogP contribution in [0.15, 0.2) is 28.7 Å². The van der Waals surface area contributed by atoms with Gasteiger partial charge in [0.2, 0.25) is 0 Å². The summed E-state index contributed by atoms with van der Waals surface area (Å²) in [5.74, 6) is 0.117. The molecule has 0 saturated carbocycles. The Hall–Kier alpha value is -1.81. The van der Waals surface area contributed by atoms with Crippen molar-refractivity contribution in [2.75, 3.05) is 6.54 Å². The molecule has 96 valence electrons. The van der Waals surface area contributed by atoms with E-state index in [0.717, 1.165) is 23.0 Å². The Bertz CT molecular complexity index is 560. The summed E-state index contributed by atoms with van der Waals surface area (Å²) in [5.41, 5.74) is 7.62. The molecule has 1 heterocycles. The van der Waals surface area contributed by atoms with E-state index in [1.807, 2.05) is 32.0 Å². The first-order valence-corrected chi connectivity index (χ1v) is 6.14. The van der Waals surface area contributed by atoms with Crippen molar-refractivity contribution in [2.45, 2.75) is 26.3 Å². The molecule has 0 saturated heterocycles. The first-order valence-electron chi connectivity index (χ1n) is 6.14. The third-order valence-corrected chi connectivity index (χ3v) is 2.94. The van der Waals surface area contributed by atoms with Crippen LogP contribution in [0.2, 0.25) is 0 Å². The zero-order chi connectivity index (χ0) is 13.1. The van der Waals surface area contributed by atoms with Gasteiger partial charge in [0.05, 0.1) is 0 Å². The summed E-state index contributed by atoms with van der Waals surface area (Å²) in [6, 6.07) is 7.57. The summed E-state index contributed by atoms with van der Waals surface area (Å²) in [6.07, 6.45) is 0.833. The van der Waals surface area contributed by atoms with Gasteiger partial charge in [-0.2, -0.15) is 0 Å². The van der Waals surface area contributed by atoms with E-state index in [0.29, 0.717) is 12.3 Å². The van der Waals surface area contributed by atoms with Gasteiger partial charge >= 0.3 is 0 Å². The van der Waals surface area contributed by atoms with Crippen LogP contribution in [0, 0.1) is 6.92 Å². The molecule has 0 aliphatic heterocycles. The molecular weight excluding hydrogens is 228 g/mol. The predicted octanol–water partition coefficient (Wildman–Crippen LogP) is 2.21. The van der Waals surface area contributed by atoms with Gasteiger partial charge in [0.25, 0.3) is 5.91 Å². The van der Waals surface area contributed by atoms with E-state index in [-0.39, 0.29) is 11.9 Å². The van der Waals surface area contributed by atoms with Crippen LogP contribution in [-0.2, 0) is 0 Å². The van der Waals surface area contributed by atoms with Gasteiger partial charge in [0.15, 0.2) is 5.76 Å². The van der Waals surface area contributed by atoms with Gasteiger partial charge in [0.1, 0.15) is 5.58 Å². The average Bonchev–Trinajstić information content (AvgIpc) is 2.78. The summed E-state index contributed by atoms with van der Waals surface area (Å²) in [5, 5.41) is 3.71. The lowest BCUT2D eigenvalue weighted by Gasteiger charge is -2.08. The second-order valence-electron chi connectivity index (χ2n) is 4.53. The normalized spacial score (nSPS) is 12.6. The molecule has 0 aliphatic rings. The molecule has 4 nitrogen and oxygen atoms in total. The highest BCUT2D eigenvalue weighted by Crippen LogP contribution is 2.20. The summed E-state index contributed by atoms with van der Waals surface area (Å²) in [7, 11) is 0. The van der Waals surface area contributed by atoms with Gasteiger partial charge in [-0.3, -0.25) is 4.79 Å². The molecule has 0 bridgehead atoms. The predicted molar refractivity (Wildman–Crippen MR) is 71.6 cm³/mol. The van der Waals surface area contributed by atoms with Crippen LogP contribution in [0.3, 0.4) is 0 Å². The third-order valence-electron chi connectivity index (χ3n) is 2.94. The molecule has 0 aliphatic carbocycles. The lowest BCUT2D eigenvalue weighted by atomic mass is 10.2. The Morgan fingerprint density at radius 1 is 1.44 bits per heavy atom. The summed E-state index contributed by atoms with van der Waals surface area (Å²) < 4.78 is 5.50. The molecular formula is C14H18N2O2. The number of hydrogen-bond donors (Lipinski definition) is 2. The SMILES string of the molecule is CCC(N)CNC(=O)c1cc2cc(C)ccc2o1. The molecule has 1 atom stereocenters. The van der Waals surface area contributed by atoms with Crippen LogP contribution in [-0.4, -0.2) is 18.5 Å². The van der Waals surface area contributed by atoms with Crippen LogP contribution in [0.25, 0.3) is 11.0 Å². The Kier molecular flexibility index (Phi) is 3.67. The van der Waals surface area contributed by atoms with Gasteiger partial charge in [-0.1, -0.05) is 18.6 Å². The summed E-state index contributed by atoms with van der Waals surface area (Å²) in [4.78, 5) is 11.9. The molecule has 18 heavy (non-hydrogen) atoms. The number of fused-ring (bicyclic) bond motifs is 1. The largest absolute Gasteiger partial charge is 0.451 e. The molecule has 1 aromatic carbocycles. The van der Waals surface area contributed by atoms with Crippen LogP contribution in [0.1, 0.15) is 29.5 Å². The van der Waals surface area contributed by atoms with Gasteiger partial charge in [-0.15, -0.1) is 0 Å². The standard InChI is InChI=1S/C14H18N2O2/c1-3-11(15)8-16-14(17)13-7-10-6-9(2)4-5-12(10)18-13/h4-7,11H,3,8,15H2,1-2H3,(H,16,17). The van der Waals surface area contributed by atoms with Crippen molar-refractivity contribution >= 4 is 16.9 Å². The first-order chi connectivity index (χ1) is 8.60. The van der Waals surface area contributed by atoms with Crippen molar-refractivity contribution in [1.82, 2.24) is 5.32 Å². The number of carbonyl (C=O) groups is 1. The van der Waals surface area contributed by atoms with Crippen molar-refractivity contribution in [3.8, 4) is 0 Å². The monoisotopic (exact) mass is 246 g/mol. The van der Waals surface area contributed by atoms with E-state index < -0.39 is 0 Å². The third kappa shape index (κ3) is 2.71. The van der Waals surface area contributed by atoms with Gasteiger partial charge in [-0.25, -0.2) is 0 Å². The molecule has 0 spiro atoms. The molecule has 1 amide bonds. The number of carbonyl (C=O) groups excluding carboxylic acids is 1. The van der Waals surface area contributed by atoms with Crippen molar-refractivity contribution in [1.29, 1.82) is 0 Å². The lowest BCUT2D eigenvalue weighted by Crippen LogP contribution is -2.36. The van der Waals surface area contributed by atoms with E-state index in [1.54, 1.807) is 6.07 Å². The molecule has 0 radical (unpaired) electrons. The van der Waals surface area contributed by atoms with E-state index in [9.17, 15) is 4.79 Å². The number of aryl methyl sites for hydroxylation is 1. The average molecular weight is 246 g/mol. The summed E-state index contributed by atoms with van der Waals surface area (Å²) in [6.45, 7) is 4.46. The molecule has 0 fully saturated rings. The van der Waals surface area contributed by atoms with Gasteiger partial charge < -0.3 is 15.5 Å². The van der Waals surface area contributed by atoms with Crippen LogP contribution >= 0.6 is 0 Å². The second kappa shape index (κ2) is 5.23. The zero-order valence-corrected chi connectivity index (χ0v) is 10.7. The zero-order valence-electron chi connectivity index (χ0n) is 10.7. The number of benzene rings is 1. The first kappa shape index (κ1) is 12.6. The summed E-state index contributed by atoms with van der Waals surface area (Å²) >= 11 is 0. The highest BCUT2D eigenvalue weighted by molar-refractivity contribution is 5.96. The molecule has 1 unspecified atom stereocenters. The maximum atomic E-state index is 11.9. The van der Waals surface area contributed by atoms with Crippen molar-refractivity contribution in [2.24, 2.45) is 5.73 Å². The number of nitrogens with two attached hydrogens (primary N) is 1. The Morgan fingerprint density at radius 2 is 2.22 bits per heavy atom. The Balaban J connectivity index is 2.13. The van der Waals surface area contributed by atoms with E-state index in [4.69, 9.17) is 10.2 Å². The minimum atomic E-state index is -0.215. The molecule has 2 rings (SSSR count). The number of hydrogen-bond acceptors (Lipinski definition) is 3. The maximum Gasteiger partial charge on any atom is 0.287 e. The highest BCUT2D eigenvalue weighted by Gasteiger charge is 2.12. The highest BCUT2D eigenvalue weighted by atomic mass is 16.3. The molecule has 4 heteroatoms. The lowest BCUT2D eigenvalue weighted by molar-refractivity contribution is 0.0925. The van der Waals surface area contributed by atoms with Gasteiger partial charge in [-0.05, 0) is 31.5 Å². The minimum Gasteiger partial charge on any atom is -0.451 e. The van der Waals surface area contributed by atoms with Crippen LogP contribution in [0.5, 0.6) is 0 Å². The van der Waals surface area contributed by atoms with E-state index in [2.05, 4.69) is 5.32 Å². The fourth-order valence-electron chi connectivity index (χ4n) is 1.73. The number of amides is 1. The van der Waals surface area contributed by atoms with Crippen molar-refractivity contribution < 1.29 is 9.21 Å². The van der Waals surface area contributed by atoms with Crippen LogP contribution < -0.4 is 11.1 Å². The Morgan fingerprint density at radius 3 is 2.94 bits per heavy atom. The molecule has 3 N–H and O–H groups in total. The van der Waals surface area contributed by atoms with Crippen LogP contribution in [0.4, 0.5) is 0 Å². The number of nitrogens with one attached hydrogen (secondary N) is 1. The number of furan rings is 1. The minimum absolute atomic E-state index is 0.0134. The van der Waals surface area contributed by atoms with Crippen molar-refractivity contribution in [3.63, 3.8) is 0 Å². The fourth-order valence-corrected chi connectivity index (χ4v) is 1.73. The fraction of sp³-hybridized carbons (Fsp3) is 0.357. The smallest absolute Gasteiger partial charge is 0.287 e. The Labute approximate surface area is 106 Å². The topological polar surface area (TPSA) is 68.3 Å². The second-order valence-corrected chi connectivity index (χ2v) is 4.53. The quantitative estimate of drug-likeness (QED) is 0.869. The van der Waals surface area contributed by atoms with Gasteiger partial charge in [0, 0.05) is 18.0 Å². The molecule has 1 aromatic heterocycles. The van der Waals surface area contributed by atoms with E-state index in [1.165, 1.54) is 0 Å².